The average Bonchev–Trinajstić information content (AvgIpc) is 3.55. The summed E-state index contributed by atoms with van der Waals surface area (Å²) >= 11 is 11.4. The Bertz CT molecular complexity index is 1170. The average molecular weight is 588 g/mol. The molecule has 6 N–H and O–H groups in total. The van der Waals surface area contributed by atoms with Crippen LogP contribution >= 0.6 is 23.2 Å². The summed E-state index contributed by atoms with van der Waals surface area (Å²) in [5.41, 5.74) is 0.872. The molecule has 2 aromatic heterocycles. The summed E-state index contributed by atoms with van der Waals surface area (Å²) in [6, 6.07) is 19.8. The minimum atomic E-state index is -0.426. The Labute approximate surface area is 232 Å². The molecule has 0 saturated carbocycles. The van der Waals surface area contributed by atoms with E-state index in [-0.39, 0.29) is 28.0 Å². The third-order valence-electron chi connectivity index (χ3n) is 3.94. The first-order valence-corrected chi connectivity index (χ1v) is 10.4. The first-order valence-electron chi connectivity index (χ1n) is 9.66. The standard InChI is InChI=1S/2C12H9ClN2O2.Mn.2H2O/c2*13-10-5-3-9(4-6-10)12(16)15-14-8-11-2-1-7-17-11;;;/h2*1-8H,(H,15,16);;2*1H2/q;;+2;;/b2*14-8-;;;. The van der Waals surface area contributed by atoms with Gasteiger partial charge in [-0.05, 0) is 59.7 Å². The number of hydrogen-bond donors (Lipinski definition) is 0. The molecule has 0 bridgehead atoms. The summed E-state index contributed by atoms with van der Waals surface area (Å²) < 4.78 is 10.00. The van der Waals surface area contributed by atoms with Crippen molar-refractivity contribution in [2.45, 2.75) is 0 Å². The topological polar surface area (TPSA) is 188 Å². The van der Waals surface area contributed by atoms with Gasteiger partial charge in [-0.1, -0.05) is 47.5 Å². The van der Waals surface area contributed by atoms with Crippen molar-refractivity contribution in [2.24, 2.45) is 20.4 Å². The number of nitrogens with zero attached hydrogens (tertiary/aromatic N) is 4. The van der Waals surface area contributed by atoms with Crippen LogP contribution in [0, 0.1) is 0 Å². The fraction of sp³-hybridized carbons (Fsp3) is 0. The summed E-state index contributed by atoms with van der Waals surface area (Å²) in [4.78, 5) is 0. The maximum atomic E-state index is 11.5. The van der Waals surface area contributed by atoms with Crippen LogP contribution in [-0.4, -0.2) is 24.2 Å². The monoisotopic (exact) mass is 587 g/mol. The molecular formula is C24H22Cl2MnN4O6+2. The van der Waals surface area contributed by atoms with Crippen LogP contribution in [0.1, 0.15) is 22.6 Å². The summed E-state index contributed by atoms with van der Waals surface area (Å²) in [5, 5.41) is 38.5. The molecule has 0 saturated heterocycles. The van der Waals surface area contributed by atoms with Crippen molar-refractivity contribution in [3.63, 3.8) is 0 Å². The van der Waals surface area contributed by atoms with Crippen LogP contribution in [0.15, 0.2) is 115 Å². The summed E-state index contributed by atoms with van der Waals surface area (Å²) in [6.07, 6.45) is 5.77. The molecule has 0 aliphatic rings. The number of benzene rings is 2. The van der Waals surface area contributed by atoms with E-state index >= 15 is 0 Å². The molecule has 0 fully saturated rings. The quantitative estimate of drug-likeness (QED) is 0.110. The molecule has 13 heteroatoms. The predicted molar refractivity (Wildman–Crippen MR) is 138 cm³/mol. The van der Waals surface area contributed by atoms with Gasteiger partial charge in [0.05, 0.1) is 25.0 Å². The SMILES string of the molecule is [Mn+2].[O-]/C(=N\N=C/c1ccco1)c1ccc(Cl)cc1.[O-]/C(=N\N=C/c1ccco1)c1ccc(Cl)cc1.[OH3+].[OH3+]. The summed E-state index contributed by atoms with van der Waals surface area (Å²) in [6.45, 7) is 0. The van der Waals surface area contributed by atoms with Gasteiger partial charge in [0, 0.05) is 21.8 Å². The van der Waals surface area contributed by atoms with Crippen LogP contribution in [-0.2, 0) is 28.0 Å². The van der Waals surface area contributed by atoms with Crippen molar-refractivity contribution in [3.8, 4) is 0 Å². The second-order valence-corrected chi connectivity index (χ2v) is 7.22. The molecule has 10 nitrogen and oxygen atoms in total. The van der Waals surface area contributed by atoms with E-state index in [1.807, 2.05) is 0 Å². The van der Waals surface area contributed by atoms with E-state index in [1.54, 1.807) is 72.8 Å². The first-order chi connectivity index (χ1) is 16.5. The van der Waals surface area contributed by atoms with Gasteiger partial charge in [-0.15, -0.1) is 0 Å². The van der Waals surface area contributed by atoms with E-state index < -0.39 is 11.8 Å². The maximum Gasteiger partial charge on any atom is 2.00 e. The molecular weight excluding hydrogens is 566 g/mol. The van der Waals surface area contributed by atoms with E-state index in [4.69, 9.17) is 32.0 Å². The smallest absolute Gasteiger partial charge is 0.857 e. The number of rotatable bonds is 6. The van der Waals surface area contributed by atoms with Crippen LogP contribution in [0.25, 0.3) is 0 Å². The largest absolute Gasteiger partial charge is 2.00 e. The van der Waals surface area contributed by atoms with E-state index in [9.17, 15) is 10.2 Å². The van der Waals surface area contributed by atoms with Gasteiger partial charge in [0.2, 0.25) is 0 Å². The Morgan fingerprint density at radius 1 is 0.622 bits per heavy atom. The minimum Gasteiger partial charge on any atom is -0.857 e. The van der Waals surface area contributed by atoms with Gasteiger partial charge in [-0.2, -0.15) is 20.4 Å². The van der Waals surface area contributed by atoms with Crippen molar-refractivity contribution >= 4 is 47.4 Å². The zero-order valence-electron chi connectivity index (χ0n) is 18.9. The zero-order valence-corrected chi connectivity index (χ0v) is 21.6. The van der Waals surface area contributed by atoms with Crippen molar-refractivity contribution in [3.05, 3.63) is 118 Å². The molecule has 0 unspecified atom stereocenters. The van der Waals surface area contributed by atoms with Gasteiger partial charge >= 0.3 is 17.1 Å². The minimum absolute atomic E-state index is 0. The van der Waals surface area contributed by atoms with Crippen LogP contribution in [0.3, 0.4) is 0 Å². The normalized spacial score (nSPS) is 11.2. The fourth-order valence-electron chi connectivity index (χ4n) is 2.31. The molecule has 37 heavy (non-hydrogen) atoms. The number of halogens is 2. The molecule has 0 spiro atoms. The van der Waals surface area contributed by atoms with Crippen molar-refractivity contribution in [1.29, 1.82) is 0 Å². The van der Waals surface area contributed by atoms with Crippen LogP contribution in [0.5, 0.6) is 0 Å². The summed E-state index contributed by atoms with van der Waals surface area (Å²) in [5.74, 6) is 0.226. The Balaban J connectivity index is 0.000000648. The molecule has 0 aliphatic heterocycles. The van der Waals surface area contributed by atoms with Crippen LogP contribution in [0.2, 0.25) is 10.0 Å². The van der Waals surface area contributed by atoms with Gasteiger partial charge in [0.15, 0.2) is 0 Å². The third kappa shape index (κ3) is 11.7. The Kier molecular flexibility index (Phi) is 15.9. The van der Waals surface area contributed by atoms with Gasteiger partial charge < -0.3 is 30.0 Å². The molecule has 4 aromatic rings. The van der Waals surface area contributed by atoms with Gasteiger partial charge in [-0.3, -0.25) is 0 Å². The molecule has 0 atom stereocenters. The van der Waals surface area contributed by atoms with Crippen molar-refractivity contribution in [1.82, 2.24) is 0 Å². The Morgan fingerprint density at radius 2 is 0.973 bits per heavy atom. The second-order valence-electron chi connectivity index (χ2n) is 6.34. The van der Waals surface area contributed by atoms with Crippen molar-refractivity contribution < 1.29 is 47.1 Å². The van der Waals surface area contributed by atoms with E-state index in [1.165, 1.54) is 25.0 Å². The first kappa shape index (κ1) is 33.3. The van der Waals surface area contributed by atoms with E-state index in [0.29, 0.717) is 32.7 Å². The fourth-order valence-corrected chi connectivity index (χ4v) is 2.56. The molecule has 4 rings (SSSR count). The van der Waals surface area contributed by atoms with Gasteiger partial charge in [-0.25, -0.2) is 0 Å². The predicted octanol–water partition coefficient (Wildman–Crippen LogP) is 2.30. The van der Waals surface area contributed by atoms with Crippen molar-refractivity contribution in [2.75, 3.05) is 0 Å². The van der Waals surface area contributed by atoms with Crippen LogP contribution < -0.4 is 10.2 Å². The number of hydrogen-bond acceptors (Lipinski definition) is 8. The maximum absolute atomic E-state index is 11.5. The van der Waals surface area contributed by atoms with E-state index in [2.05, 4.69) is 20.4 Å². The molecule has 2 aromatic carbocycles. The third-order valence-corrected chi connectivity index (χ3v) is 4.44. The van der Waals surface area contributed by atoms with Gasteiger partial charge in [0.1, 0.15) is 11.5 Å². The van der Waals surface area contributed by atoms with Gasteiger partial charge in [0.25, 0.3) is 0 Å². The summed E-state index contributed by atoms with van der Waals surface area (Å²) in [7, 11) is 0. The second kappa shape index (κ2) is 17.7. The molecule has 193 valence electrons. The number of furan rings is 2. The van der Waals surface area contributed by atoms with Crippen LogP contribution in [0.4, 0.5) is 0 Å². The molecule has 0 amide bonds. The Morgan fingerprint density at radius 3 is 1.27 bits per heavy atom. The molecule has 0 aliphatic carbocycles. The molecule has 1 radical (unpaired) electrons. The zero-order chi connectivity index (χ0) is 24.2. The van der Waals surface area contributed by atoms with E-state index in [0.717, 1.165) is 0 Å². The molecule has 2 heterocycles. The Hall–Kier alpha value is -3.70.